The number of carbonyl (C=O) groups excluding carboxylic acids is 2. The molecule has 0 aliphatic carbocycles. The maximum absolute atomic E-state index is 14.7. The first-order valence-corrected chi connectivity index (χ1v) is 11.2. The van der Waals surface area contributed by atoms with Crippen LogP contribution in [0.1, 0.15) is 49.5 Å². The zero-order chi connectivity index (χ0) is 24.4. The molecule has 1 aromatic carbocycles. The van der Waals surface area contributed by atoms with Gasteiger partial charge in [0.2, 0.25) is 0 Å². The van der Waals surface area contributed by atoms with Crippen LogP contribution in [-0.2, 0) is 4.74 Å². The standard InChI is InChI=1S/C23H26F2N6O3/c1-4-13(2)34-23(33)30-9-7-14(8-10-30)31-19-12-27-17(11-18(19)28-29-31)15-5-6-16(22(32)26-3)21(25)20(15)24/h5-6,11-14H,4,7-10H2,1-3H3,(H,26,32)/t13-/m1/s1. The molecule has 1 aliphatic heterocycles. The molecule has 2 amide bonds. The molecule has 34 heavy (non-hydrogen) atoms. The second-order valence-corrected chi connectivity index (χ2v) is 8.28. The molecule has 1 fully saturated rings. The maximum Gasteiger partial charge on any atom is 0.410 e. The van der Waals surface area contributed by atoms with Crippen molar-refractivity contribution < 1.29 is 23.1 Å². The number of hydrogen-bond donors (Lipinski definition) is 1. The number of pyridine rings is 1. The van der Waals surface area contributed by atoms with Gasteiger partial charge in [-0.1, -0.05) is 12.1 Å². The van der Waals surface area contributed by atoms with Crippen LogP contribution in [0.15, 0.2) is 24.4 Å². The maximum atomic E-state index is 14.7. The second kappa shape index (κ2) is 9.70. The van der Waals surface area contributed by atoms with E-state index in [2.05, 4.69) is 20.6 Å². The largest absolute Gasteiger partial charge is 0.446 e. The lowest BCUT2D eigenvalue weighted by Gasteiger charge is -2.32. The van der Waals surface area contributed by atoms with E-state index in [0.717, 1.165) is 6.42 Å². The first-order valence-electron chi connectivity index (χ1n) is 11.2. The average molecular weight is 472 g/mol. The van der Waals surface area contributed by atoms with Gasteiger partial charge in [-0.3, -0.25) is 9.78 Å². The number of halogens is 2. The minimum Gasteiger partial charge on any atom is -0.446 e. The summed E-state index contributed by atoms with van der Waals surface area (Å²) in [5.74, 6) is -3.11. The summed E-state index contributed by atoms with van der Waals surface area (Å²) in [5.41, 5.74) is 0.873. The van der Waals surface area contributed by atoms with Crippen LogP contribution in [0.5, 0.6) is 0 Å². The lowest BCUT2D eigenvalue weighted by atomic mass is 10.0. The van der Waals surface area contributed by atoms with E-state index in [1.165, 1.54) is 31.4 Å². The lowest BCUT2D eigenvalue weighted by molar-refractivity contribution is 0.0581. The fraction of sp³-hybridized carbons (Fsp3) is 0.435. The Labute approximate surface area is 195 Å². The highest BCUT2D eigenvalue weighted by Crippen LogP contribution is 2.29. The van der Waals surface area contributed by atoms with Gasteiger partial charge in [0.1, 0.15) is 17.1 Å². The molecule has 4 rings (SSSR count). The van der Waals surface area contributed by atoms with Crippen molar-refractivity contribution in [2.45, 2.75) is 45.3 Å². The van der Waals surface area contributed by atoms with Gasteiger partial charge in [-0.15, -0.1) is 5.10 Å². The summed E-state index contributed by atoms with van der Waals surface area (Å²) in [6.45, 7) is 4.90. The SMILES string of the molecule is CC[C@@H](C)OC(=O)N1CCC(n2nnc3cc(-c4ccc(C(=O)NC)c(F)c4F)ncc32)CC1. The molecule has 3 aromatic rings. The number of likely N-dealkylation sites (tertiary alicyclic amines) is 1. The number of nitrogens with one attached hydrogen (secondary N) is 1. The Morgan fingerprint density at radius 3 is 2.65 bits per heavy atom. The number of piperidine rings is 1. The Balaban J connectivity index is 1.52. The fourth-order valence-electron chi connectivity index (χ4n) is 3.94. The summed E-state index contributed by atoms with van der Waals surface area (Å²) in [6.07, 6.45) is 3.21. The van der Waals surface area contributed by atoms with Crippen LogP contribution in [0.2, 0.25) is 0 Å². The van der Waals surface area contributed by atoms with E-state index in [4.69, 9.17) is 4.74 Å². The van der Waals surface area contributed by atoms with Crippen LogP contribution < -0.4 is 5.32 Å². The minimum atomic E-state index is -1.24. The highest BCUT2D eigenvalue weighted by molar-refractivity contribution is 5.95. The number of nitrogens with zero attached hydrogens (tertiary/aromatic N) is 5. The van der Waals surface area contributed by atoms with Gasteiger partial charge in [0, 0.05) is 25.7 Å². The van der Waals surface area contributed by atoms with Gasteiger partial charge in [-0.05, 0) is 44.4 Å². The van der Waals surface area contributed by atoms with E-state index in [1.54, 1.807) is 9.58 Å². The van der Waals surface area contributed by atoms with Gasteiger partial charge in [0.25, 0.3) is 5.91 Å². The number of amides is 2. The third kappa shape index (κ3) is 4.42. The molecule has 1 N–H and O–H groups in total. The van der Waals surface area contributed by atoms with Crippen molar-refractivity contribution in [1.82, 2.24) is 30.2 Å². The van der Waals surface area contributed by atoms with Gasteiger partial charge >= 0.3 is 6.09 Å². The van der Waals surface area contributed by atoms with E-state index in [1.807, 2.05) is 13.8 Å². The minimum absolute atomic E-state index is 0.0197. The van der Waals surface area contributed by atoms with Gasteiger partial charge in [-0.25, -0.2) is 18.3 Å². The highest BCUT2D eigenvalue weighted by atomic mass is 19.2. The topological polar surface area (TPSA) is 102 Å². The predicted molar refractivity (Wildman–Crippen MR) is 120 cm³/mol. The van der Waals surface area contributed by atoms with Crippen LogP contribution in [-0.4, -0.2) is 63.1 Å². The zero-order valence-electron chi connectivity index (χ0n) is 19.2. The predicted octanol–water partition coefficient (Wildman–Crippen LogP) is 3.70. The Hall–Kier alpha value is -3.63. The van der Waals surface area contributed by atoms with Crippen molar-refractivity contribution >= 4 is 23.0 Å². The Morgan fingerprint density at radius 2 is 1.97 bits per heavy atom. The summed E-state index contributed by atoms with van der Waals surface area (Å²) in [6, 6.07) is 4.09. The van der Waals surface area contributed by atoms with E-state index in [-0.39, 0.29) is 35.1 Å². The van der Waals surface area contributed by atoms with Crippen LogP contribution in [0.25, 0.3) is 22.3 Å². The number of rotatable bonds is 5. The molecule has 1 saturated heterocycles. The number of benzene rings is 1. The quantitative estimate of drug-likeness (QED) is 0.608. The lowest BCUT2D eigenvalue weighted by Crippen LogP contribution is -2.40. The molecule has 3 heterocycles. The molecule has 2 aromatic heterocycles. The van der Waals surface area contributed by atoms with Crippen LogP contribution in [0, 0.1) is 11.6 Å². The van der Waals surface area contributed by atoms with E-state index >= 15 is 0 Å². The molecule has 9 nitrogen and oxygen atoms in total. The Morgan fingerprint density at radius 1 is 1.24 bits per heavy atom. The third-order valence-corrected chi connectivity index (χ3v) is 6.13. The van der Waals surface area contributed by atoms with Crippen molar-refractivity contribution in [1.29, 1.82) is 0 Å². The summed E-state index contributed by atoms with van der Waals surface area (Å²) in [4.78, 5) is 29.9. The first kappa shape index (κ1) is 23.5. The molecule has 0 bridgehead atoms. The highest BCUT2D eigenvalue weighted by Gasteiger charge is 2.27. The molecule has 1 atom stereocenters. The van der Waals surface area contributed by atoms with Gasteiger partial charge in [0.05, 0.1) is 23.5 Å². The molecular weight excluding hydrogens is 446 g/mol. The first-order chi connectivity index (χ1) is 16.3. The van der Waals surface area contributed by atoms with Crippen LogP contribution in [0.3, 0.4) is 0 Å². The number of hydrogen-bond acceptors (Lipinski definition) is 6. The molecule has 0 spiro atoms. The second-order valence-electron chi connectivity index (χ2n) is 8.28. The molecular formula is C23H26F2N6O3. The monoisotopic (exact) mass is 472 g/mol. The summed E-state index contributed by atoms with van der Waals surface area (Å²) in [5, 5.41) is 10.7. The number of carbonyl (C=O) groups is 2. The summed E-state index contributed by atoms with van der Waals surface area (Å²) >= 11 is 0. The van der Waals surface area contributed by atoms with Crippen molar-refractivity contribution in [2.24, 2.45) is 0 Å². The molecule has 1 aliphatic rings. The number of ether oxygens (including phenoxy) is 1. The Bertz CT molecular complexity index is 1220. The normalized spacial score (nSPS) is 15.4. The molecule has 0 radical (unpaired) electrons. The number of aromatic nitrogens is 4. The molecule has 180 valence electrons. The van der Waals surface area contributed by atoms with Gasteiger partial charge in [0.15, 0.2) is 11.6 Å². The van der Waals surface area contributed by atoms with Gasteiger partial charge in [-0.2, -0.15) is 0 Å². The zero-order valence-corrected chi connectivity index (χ0v) is 19.2. The van der Waals surface area contributed by atoms with E-state index in [9.17, 15) is 18.4 Å². The van der Waals surface area contributed by atoms with E-state index < -0.39 is 17.5 Å². The smallest absolute Gasteiger partial charge is 0.410 e. The molecule has 0 saturated carbocycles. The van der Waals surface area contributed by atoms with Crippen LogP contribution in [0.4, 0.5) is 13.6 Å². The third-order valence-electron chi connectivity index (χ3n) is 6.13. The summed E-state index contributed by atoms with van der Waals surface area (Å²) in [7, 11) is 1.34. The van der Waals surface area contributed by atoms with E-state index in [0.29, 0.717) is 37.0 Å². The average Bonchev–Trinajstić information content (AvgIpc) is 3.28. The van der Waals surface area contributed by atoms with Gasteiger partial charge < -0.3 is 15.0 Å². The molecule has 0 unspecified atom stereocenters. The van der Waals surface area contributed by atoms with Crippen molar-refractivity contribution in [2.75, 3.05) is 20.1 Å². The van der Waals surface area contributed by atoms with Crippen LogP contribution >= 0.6 is 0 Å². The fourth-order valence-corrected chi connectivity index (χ4v) is 3.94. The summed E-state index contributed by atoms with van der Waals surface area (Å²) < 4.78 is 36.2. The number of fused-ring (bicyclic) bond motifs is 1. The van der Waals surface area contributed by atoms with Crippen molar-refractivity contribution in [3.8, 4) is 11.3 Å². The van der Waals surface area contributed by atoms with Crippen molar-refractivity contribution in [3.05, 3.63) is 41.6 Å². The van der Waals surface area contributed by atoms with Crippen molar-refractivity contribution in [3.63, 3.8) is 0 Å². The Kier molecular flexibility index (Phi) is 6.71. The molecule has 11 heteroatoms.